The molecule has 18 heavy (non-hydrogen) atoms. The highest BCUT2D eigenvalue weighted by atomic mass is 16.4. The van der Waals surface area contributed by atoms with Gasteiger partial charge < -0.3 is 10.4 Å². The maximum absolute atomic E-state index is 11.8. The van der Waals surface area contributed by atoms with E-state index in [4.69, 9.17) is 5.11 Å². The summed E-state index contributed by atoms with van der Waals surface area (Å²) in [6.45, 7) is 6.41. The first kappa shape index (κ1) is 15.0. The molecular formula is C13H24N2O3. The van der Waals surface area contributed by atoms with E-state index in [0.29, 0.717) is 5.92 Å². The number of likely N-dealkylation sites (tertiary alicyclic amines) is 1. The van der Waals surface area contributed by atoms with E-state index in [9.17, 15) is 9.59 Å². The number of hydrogen-bond donors (Lipinski definition) is 2. The molecule has 104 valence electrons. The summed E-state index contributed by atoms with van der Waals surface area (Å²) in [5, 5.41) is 11.6. The highest BCUT2D eigenvalue weighted by molar-refractivity contribution is 5.81. The van der Waals surface area contributed by atoms with Crippen molar-refractivity contribution in [3.05, 3.63) is 0 Å². The number of carbonyl (C=O) groups excluding carboxylic acids is 1. The minimum atomic E-state index is -0.734. The lowest BCUT2D eigenvalue weighted by Crippen LogP contribution is -2.44. The van der Waals surface area contributed by atoms with Crippen LogP contribution >= 0.6 is 0 Å². The van der Waals surface area contributed by atoms with Gasteiger partial charge in [-0.05, 0) is 38.6 Å². The van der Waals surface area contributed by atoms with E-state index in [1.807, 2.05) is 13.8 Å². The minimum Gasteiger partial charge on any atom is -0.481 e. The van der Waals surface area contributed by atoms with Crippen molar-refractivity contribution in [3.8, 4) is 0 Å². The molecule has 2 atom stereocenters. The van der Waals surface area contributed by atoms with Crippen molar-refractivity contribution in [3.63, 3.8) is 0 Å². The van der Waals surface area contributed by atoms with Gasteiger partial charge in [0, 0.05) is 19.5 Å². The number of carbonyl (C=O) groups is 2. The maximum atomic E-state index is 11.8. The Kier molecular flexibility index (Phi) is 6.12. The topological polar surface area (TPSA) is 69.6 Å². The molecule has 0 bridgehead atoms. The second kappa shape index (κ2) is 7.36. The number of rotatable bonds is 7. The average molecular weight is 256 g/mol. The zero-order valence-corrected chi connectivity index (χ0v) is 11.3. The van der Waals surface area contributed by atoms with E-state index in [0.717, 1.165) is 38.9 Å². The van der Waals surface area contributed by atoms with Crippen LogP contribution in [0.2, 0.25) is 0 Å². The van der Waals surface area contributed by atoms with Crippen LogP contribution in [-0.4, -0.2) is 47.6 Å². The van der Waals surface area contributed by atoms with Crippen molar-refractivity contribution in [2.24, 2.45) is 5.92 Å². The number of carboxylic acid groups (broad SMARTS) is 1. The summed E-state index contributed by atoms with van der Waals surface area (Å²) in [7, 11) is 0. The standard InChI is InChI=1S/C13H24N2O3/c1-3-7-14-13(18)10(2)15-8-6-11(9-15)4-5-12(16)17/h10-11H,3-9H2,1-2H3,(H,14,18)(H,16,17). The predicted octanol–water partition coefficient (Wildman–Crippen LogP) is 1.09. The fourth-order valence-corrected chi connectivity index (χ4v) is 2.34. The molecule has 5 heteroatoms. The fraction of sp³-hybridized carbons (Fsp3) is 0.846. The molecule has 1 fully saturated rings. The molecular weight excluding hydrogens is 232 g/mol. The molecule has 2 unspecified atom stereocenters. The minimum absolute atomic E-state index is 0.0794. The predicted molar refractivity (Wildman–Crippen MR) is 69.3 cm³/mol. The lowest BCUT2D eigenvalue weighted by Gasteiger charge is -2.23. The monoisotopic (exact) mass is 256 g/mol. The molecule has 1 rings (SSSR count). The van der Waals surface area contributed by atoms with Gasteiger partial charge in [-0.15, -0.1) is 0 Å². The first-order valence-corrected chi connectivity index (χ1v) is 6.78. The Morgan fingerprint density at radius 3 is 2.83 bits per heavy atom. The van der Waals surface area contributed by atoms with E-state index in [1.54, 1.807) is 0 Å². The van der Waals surface area contributed by atoms with Gasteiger partial charge in [-0.25, -0.2) is 0 Å². The van der Waals surface area contributed by atoms with E-state index < -0.39 is 5.97 Å². The van der Waals surface area contributed by atoms with Crippen LogP contribution in [0.1, 0.15) is 39.5 Å². The molecule has 1 heterocycles. The lowest BCUT2D eigenvalue weighted by molar-refractivity contribution is -0.137. The summed E-state index contributed by atoms with van der Waals surface area (Å²) < 4.78 is 0. The van der Waals surface area contributed by atoms with E-state index in [2.05, 4.69) is 10.2 Å². The van der Waals surface area contributed by atoms with Crippen molar-refractivity contribution in [2.45, 2.75) is 45.6 Å². The molecule has 0 aromatic heterocycles. The van der Waals surface area contributed by atoms with E-state index in [-0.39, 0.29) is 18.4 Å². The molecule has 0 saturated carbocycles. The van der Waals surface area contributed by atoms with E-state index in [1.165, 1.54) is 0 Å². The maximum Gasteiger partial charge on any atom is 0.303 e. The number of hydrogen-bond acceptors (Lipinski definition) is 3. The van der Waals surface area contributed by atoms with Crippen molar-refractivity contribution in [2.75, 3.05) is 19.6 Å². The van der Waals surface area contributed by atoms with Gasteiger partial charge in [0.25, 0.3) is 0 Å². The molecule has 1 aliphatic heterocycles. The largest absolute Gasteiger partial charge is 0.481 e. The van der Waals surface area contributed by atoms with Gasteiger partial charge in [-0.2, -0.15) is 0 Å². The zero-order valence-electron chi connectivity index (χ0n) is 11.3. The van der Waals surface area contributed by atoms with Crippen molar-refractivity contribution >= 4 is 11.9 Å². The smallest absolute Gasteiger partial charge is 0.303 e. The summed E-state index contributed by atoms with van der Waals surface area (Å²) in [6, 6.07) is -0.105. The number of nitrogens with zero attached hydrogens (tertiary/aromatic N) is 1. The Balaban J connectivity index is 2.31. The van der Waals surface area contributed by atoms with Crippen LogP contribution in [-0.2, 0) is 9.59 Å². The van der Waals surface area contributed by atoms with Gasteiger partial charge in [-0.1, -0.05) is 6.92 Å². The van der Waals surface area contributed by atoms with Gasteiger partial charge in [0.2, 0.25) is 5.91 Å². The van der Waals surface area contributed by atoms with Crippen molar-refractivity contribution in [1.29, 1.82) is 0 Å². The van der Waals surface area contributed by atoms with Gasteiger partial charge >= 0.3 is 5.97 Å². The third-order valence-corrected chi connectivity index (χ3v) is 3.56. The van der Waals surface area contributed by atoms with Crippen LogP contribution < -0.4 is 5.32 Å². The Bertz CT molecular complexity index is 294. The van der Waals surface area contributed by atoms with E-state index >= 15 is 0 Å². The summed E-state index contributed by atoms with van der Waals surface area (Å²) >= 11 is 0. The van der Waals surface area contributed by atoms with Crippen LogP contribution in [0.5, 0.6) is 0 Å². The van der Waals surface area contributed by atoms with Crippen molar-refractivity contribution < 1.29 is 14.7 Å². The lowest BCUT2D eigenvalue weighted by atomic mass is 10.0. The molecule has 0 spiro atoms. The van der Waals surface area contributed by atoms with Crippen LogP contribution in [0.15, 0.2) is 0 Å². The molecule has 1 aliphatic rings. The highest BCUT2D eigenvalue weighted by Gasteiger charge is 2.29. The van der Waals surface area contributed by atoms with Crippen LogP contribution in [0, 0.1) is 5.92 Å². The molecule has 0 aliphatic carbocycles. The molecule has 0 radical (unpaired) electrons. The Labute approximate surface area is 109 Å². The Morgan fingerprint density at radius 2 is 2.22 bits per heavy atom. The molecule has 2 N–H and O–H groups in total. The van der Waals surface area contributed by atoms with Gasteiger partial charge in [0.15, 0.2) is 0 Å². The van der Waals surface area contributed by atoms with Gasteiger partial charge in [-0.3, -0.25) is 14.5 Å². The quantitative estimate of drug-likeness (QED) is 0.715. The van der Waals surface area contributed by atoms with Gasteiger partial charge in [0.05, 0.1) is 6.04 Å². The average Bonchev–Trinajstić information content (AvgIpc) is 2.81. The van der Waals surface area contributed by atoms with Crippen LogP contribution in [0.4, 0.5) is 0 Å². The molecule has 1 saturated heterocycles. The first-order valence-electron chi connectivity index (χ1n) is 6.78. The second-order valence-electron chi connectivity index (χ2n) is 5.05. The zero-order chi connectivity index (χ0) is 13.5. The van der Waals surface area contributed by atoms with Crippen LogP contribution in [0.25, 0.3) is 0 Å². The molecule has 0 aromatic carbocycles. The Hall–Kier alpha value is -1.10. The van der Waals surface area contributed by atoms with Crippen LogP contribution in [0.3, 0.4) is 0 Å². The van der Waals surface area contributed by atoms with Gasteiger partial charge in [0.1, 0.15) is 0 Å². The Morgan fingerprint density at radius 1 is 1.50 bits per heavy atom. The number of carboxylic acids is 1. The third kappa shape index (κ3) is 4.64. The second-order valence-corrected chi connectivity index (χ2v) is 5.05. The third-order valence-electron chi connectivity index (χ3n) is 3.56. The molecule has 1 amide bonds. The summed E-state index contributed by atoms with van der Waals surface area (Å²) in [5.74, 6) is -0.236. The molecule has 0 aromatic rings. The number of amides is 1. The summed E-state index contributed by atoms with van der Waals surface area (Å²) in [4.78, 5) is 24.5. The molecule has 5 nitrogen and oxygen atoms in total. The summed E-state index contributed by atoms with van der Waals surface area (Å²) in [5.41, 5.74) is 0. The number of nitrogens with one attached hydrogen (secondary N) is 1. The fourth-order valence-electron chi connectivity index (χ4n) is 2.34. The SMILES string of the molecule is CCCNC(=O)C(C)N1CCC(CCC(=O)O)C1. The first-order chi connectivity index (χ1) is 8.54. The number of aliphatic carboxylic acids is 1. The highest BCUT2D eigenvalue weighted by Crippen LogP contribution is 2.22. The normalized spacial score (nSPS) is 21.8. The summed E-state index contributed by atoms with van der Waals surface area (Å²) in [6.07, 6.45) is 2.89. The van der Waals surface area contributed by atoms with Crippen molar-refractivity contribution in [1.82, 2.24) is 10.2 Å².